The first kappa shape index (κ1) is 33.3. The van der Waals surface area contributed by atoms with E-state index in [-0.39, 0.29) is 44.0 Å². The van der Waals surface area contributed by atoms with E-state index in [0.29, 0.717) is 13.1 Å². The molecule has 180 valence electrons. The maximum atomic E-state index is 10.7. The van der Waals surface area contributed by atoms with Gasteiger partial charge < -0.3 is 17.0 Å². The van der Waals surface area contributed by atoms with Crippen molar-refractivity contribution in [2.45, 2.75) is 103 Å². The van der Waals surface area contributed by atoms with Gasteiger partial charge in [-0.05, 0) is 38.6 Å². The molecule has 0 amide bonds. The van der Waals surface area contributed by atoms with E-state index >= 15 is 0 Å². The molecule has 0 aromatic carbocycles. The smallest absolute Gasteiger partial charge is 1.00 e. The summed E-state index contributed by atoms with van der Waals surface area (Å²) in [5, 5.41) is 21.2. The Kier molecular flexibility index (Phi) is 30.2. The van der Waals surface area contributed by atoms with Crippen LogP contribution in [0.1, 0.15) is 105 Å². The van der Waals surface area contributed by atoms with Crippen molar-refractivity contribution in [3.05, 3.63) is 12.2 Å². The van der Waals surface area contributed by atoms with Crippen molar-refractivity contribution in [2.75, 3.05) is 39.3 Å². The van der Waals surface area contributed by atoms with Crippen LogP contribution in [0.25, 0.3) is 0 Å². The Hall–Kier alpha value is 0.0900. The molecule has 0 aliphatic heterocycles. The first-order chi connectivity index (χ1) is 14.7. The standard InChI is InChI=1S/C25H50N2O3.Na.H/c1-2-3-4-5-6-7-8-9-10-11-12-13-14-15-16-17-19-26-20-22-27(23-24-28)21-18-25(29)30;;/h9-10,26,28H,2-8,11-24H2,1H3,(H,29,30);;/q;+1;-1/b10-9-;;. The third kappa shape index (κ3) is 28.1. The summed E-state index contributed by atoms with van der Waals surface area (Å²) in [5.74, 6) is -0.782. The van der Waals surface area contributed by atoms with Crippen LogP contribution >= 0.6 is 0 Å². The van der Waals surface area contributed by atoms with Crippen molar-refractivity contribution in [1.82, 2.24) is 10.2 Å². The predicted molar refractivity (Wildman–Crippen MR) is 129 cm³/mol. The predicted octanol–water partition coefficient (Wildman–Crippen LogP) is 2.50. The van der Waals surface area contributed by atoms with Crippen molar-refractivity contribution >= 4 is 5.97 Å². The van der Waals surface area contributed by atoms with Gasteiger partial charge >= 0.3 is 35.5 Å². The number of hydrogen-bond donors (Lipinski definition) is 3. The molecule has 0 saturated heterocycles. The molecular formula is C25H51N2NaO3. The number of carbonyl (C=O) groups is 1. The van der Waals surface area contributed by atoms with E-state index in [9.17, 15) is 4.79 Å². The quantitative estimate of drug-likeness (QED) is 0.120. The van der Waals surface area contributed by atoms with Crippen LogP contribution in [-0.2, 0) is 4.79 Å². The zero-order chi connectivity index (χ0) is 22.1. The van der Waals surface area contributed by atoms with E-state index in [1.807, 2.05) is 4.90 Å². The molecule has 0 bridgehead atoms. The van der Waals surface area contributed by atoms with Gasteiger partial charge in [0.2, 0.25) is 0 Å². The van der Waals surface area contributed by atoms with Crippen molar-refractivity contribution in [1.29, 1.82) is 0 Å². The Labute approximate surface area is 216 Å². The summed E-state index contributed by atoms with van der Waals surface area (Å²) in [6, 6.07) is 0. The number of allylic oxidation sites excluding steroid dienone is 2. The monoisotopic (exact) mass is 450 g/mol. The number of hydrogen-bond acceptors (Lipinski definition) is 4. The number of unbranched alkanes of at least 4 members (excludes halogenated alkanes) is 12. The van der Waals surface area contributed by atoms with E-state index in [1.165, 1.54) is 89.9 Å². The number of aliphatic hydroxyl groups excluding tert-OH is 1. The Bertz CT molecular complexity index is 401. The Balaban J connectivity index is -0.00000420. The second-order valence-corrected chi connectivity index (χ2v) is 8.40. The largest absolute Gasteiger partial charge is 1.00 e. The zero-order valence-electron chi connectivity index (χ0n) is 21.8. The molecule has 0 spiro atoms. The normalized spacial score (nSPS) is 11.3. The third-order valence-corrected chi connectivity index (χ3v) is 5.53. The van der Waals surface area contributed by atoms with Crippen LogP contribution in [-0.4, -0.2) is 60.4 Å². The number of aliphatic carboxylic acids is 1. The maximum absolute atomic E-state index is 10.7. The van der Waals surface area contributed by atoms with Crippen LogP contribution in [0, 0.1) is 0 Å². The minimum absolute atomic E-state index is 0. The molecule has 0 aromatic rings. The first-order valence-corrected chi connectivity index (χ1v) is 12.6. The summed E-state index contributed by atoms with van der Waals surface area (Å²) in [4.78, 5) is 12.7. The second kappa shape index (κ2) is 28.1. The number of carboxylic acids is 1. The molecule has 0 heterocycles. The molecule has 31 heavy (non-hydrogen) atoms. The number of aliphatic hydroxyl groups is 1. The Morgan fingerprint density at radius 2 is 1.35 bits per heavy atom. The molecule has 0 saturated carbocycles. The molecule has 0 aliphatic carbocycles. The Morgan fingerprint density at radius 3 is 1.90 bits per heavy atom. The van der Waals surface area contributed by atoms with Crippen molar-refractivity contribution in [2.24, 2.45) is 0 Å². The first-order valence-electron chi connectivity index (χ1n) is 12.6. The summed E-state index contributed by atoms with van der Waals surface area (Å²) in [7, 11) is 0. The van der Waals surface area contributed by atoms with Gasteiger partial charge in [-0.1, -0.05) is 76.9 Å². The van der Waals surface area contributed by atoms with Crippen molar-refractivity contribution < 1.29 is 46.0 Å². The summed E-state index contributed by atoms with van der Waals surface area (Å²) in [6.45, 7) is 6.06. The fourth-order valence-electron chi connectivity index (χ4n) is 3.59. The second-order valence-electron chi connectivity index (χ2n) is 8.40. The van der Waals surface area contributed by atoms with Crippen LogP contribution in [0.5, 0.6) is 0 Å². The average molecular weight is 451 g/mol. The molecule has 0 rings (SSSR count). The SMILES string of the molecule is CCCCCCCC/C=C\CCCCCCCCNCCN(CCO)CCC(=O)O.[H-].[Na+]. The van der Waals surface area contributed by atoms with Crippen LogP contribution in [0.3, 0.4) is 0 Å². The van der Waals surface area contributed by atoms with Gasteiger partial charge in [0.25, 0.3) is 0 Å². The summed E-state index contributed by atoms with van der Waals surface area (Å²) >= 11 is 0. The maximum Gasteiger partial charge on any atom is 1.00 e. The zero-order valence-corrected chi connectivity index (χ0v) is 22.8. The van der Waals surface area contributed by atoms with E-state index in [2.05, 4.69) is 24.4 Å². The van der Waals surface area contributed by atoms with Crippen LogP contribution in [0.15, 0.2) is 12.2 Å². The summed E-state index contributed by atoms with van der Waals surface area (Å²) in [6.07, 6.45) is 23.5. The number of rotatable bonds is 24. The number of carboxylic acid groups (broad SMARTS) is 1. The molecule has 0 aliphatic rings. The molecule has 0 unspecified atom stereocenters. The van der Waals surface area contributed by atoms with Crippen LogP contribution in [0.4, 0.5) is 0 Å². The molecular weight excluding hydrogens is 399 g/mol. The van der Waals surface area contributed by atoms with Gasteiger partial charge in [0.1, 0.15) is 0 Å². The van der Waals surface area contributed by atoms with E-state index in [1.54, 1.807) is 0 Å². The number of nitrogens with zero attached hydrogens (tertiary/aromatic N) is 1. The van der Waals surface area contributed by atoms with Crippen molar-refractivity contribution in [3.8, 4) is 0 Å². The van der Waals surface area contributed by atoms with Gasteiger partial charge in [-0.15, -0.1) is 0 Å². The summed E-state index contributed by atoms with van der Waals surface area (Å²) < 4.78 is 0. The molecule has 0 atom stereocenters. The van der Waals surface area contributed by atoms with Gasteiger partial charge in [0, 0.05) is 26.2 Å². The fourth-order valence-corrected chi connectivity index (χ4v) is 3.59. The minimum atomic E-state index is -0.782. The van der Waals surface area contributed by atoms with Gasteiger partial charge in [-0.2, -0.15) is 0 Å². The summed E-state index contributed by atoms with van der Waals surface area (Å²) in [5.41, 5.74) is 0. The van der Waals surface area contributed by atoms with E-state index < -0.39 is 5.97 Å². The van der Waals surface area contributed by atoms with Crippen molar-refractivity contribution in [3.63, 3.8) is 0 Å². The minimum Gasteiger partial charge on any atom is -1.00 e. The molecule has 0 radical (unpaired) electrons. The van der Waals surface area contributed by atoms with Gasteiger partial charge in [0.15, 0.2) is 0 Å². The topological polar surface area (TPSA) is 72.8 Å². The molecule has 5 nitrogen and oxygen atoms in total. The molecule has 0 aromatic heterocycles. The average Bonchev–Trinajstić information content (AvgIpc) is 2.73. The Morgan fingerprint density at radius 1 is 0.806 bits per heavy atom. The number of nitrogens with one attached hydrogen (secondary N) is 1. The van der Waals surface area contributed by atoms with E-state index in [0.717, 1.165) is 19.6 Å². The van der Waals surface area contributed by atoms with Gasteiger partial charge in [-0.3, -0.25) is 9.69 Å². The van der Waals surface area contributed by atoms with E-state index in [4.69, 9.17) is 10.2 Å². The van der Waals surface area contributed by atoms with Crippen LogP contribution < -0.4 is 34.9 Å². The van der Waals surface area contributed by atoms with Gasteiger partial charge in [-0.25, -0.2) is 0 Å². The molecule has 3 N–H and O–H groups in total. The van der Waals surface area contributed by atoms with Gasteiger partial charge in [0.05, 0.1) is 13.0 Å². The molecule has 0 fully saturated rings. The van der Waals surface area contributed by atoms with Crippen LogP contribution in [0.2, 0.25) is 0 Å². The third-order valence-electron chi connectivity index (χ3n) is 5.53. The fraction of sp³-hybridized carbons (Fsp3) is 0.880. The molecule has 6 heteroatoms.